The van der Waals surface area contributed by atoms with Crippen molar-refractivity contribution < 1.29 is 0 Å². The van der Waals surface area contributed by atoms with Gasteiger partial charge in [-0.25, -0.2) is 0 Å². The van der Waals surface area contributed by atoms with Gasteiger partial charge in [0.25, 0.3) is 0 Å². The Morgan fingerprint density at radius 2 is 1.89 bits per heavy atom. The van der Waals surface area contributed by atoms with E-state index < -0.39 is 0 Å². The first-order valence-electron chi connectivity index (χ1n) is 6.59. The molecule has 3 heteroatoms. The molecule has 0 unspecified atom stereocenters. The highest BCUT2D eigenvalue weighted by molar-refractivity contribution is 5.44. The standard InChI is InChI=1S/C15H21N3/c1-3-4-13-5-7-14(8-6-13)16-11-9-15-10-12-17-18(15)2/h5-8,10,12,16H,3-4,9,11H2,1-2H3. The number of rotatable bonds is 6. The van der Waals surface area contributed by atoms with E-state index >= 15 is 0 Å². The highest BCUT2D eigenvalue weighted by Gasteiger charge is 1.98. The zero-order valence-electron chi connectivity index (χ0n) is 11.2. The third-order valence-corrected chi connectivity index (χ3v) is 3.13. The van der Waals surface area contributed by atoms with E-state index in [0.29, 0.717) is 0 Å². The van der Waals surface area contributed by atoms with Gasteiger partial charge in [-0.1, -0.05) is 25.5 Å². The van der Waals surface area contributed by atoms with Crippen LogP contribution in [0.3, 0.4) is 0 Å². The van der Waals surface area contributed by atoms with Crippen LogP contribution in [0.2, 0.25) is 0 Å². The lowest BCUT2D eigenvalue weighted by Crippen LogP contribution is -2.08. The fourth-order valence-corrected chi connectivity index (χ4v) is 2.06. The second-order valence-electron chi connectivity index (χ2n) is 4.57. The van der Waals surface area contributed by atoms with Crippen LogP contribution in [0, 0.1) is 0 Å². The summed E-state index contributed by atoms with van der Waals surface area (Å²) in [4.78, 5) is 0. The van der Waals surface area contributed by atoms with Gasteiger partial charge in [-0.3, -0.25) is 4.68 Å². The van der Waals surface area contributed by atoms with Gasteiger partial charge < -0.3 is 5.32 Å². The Morgan fingerprint density at radius 3 is 2.50 bits per heavy atom. The summed E-state index contributed by atoms with van der Waals surface area (Å²) in [7, 11) is 1.98. The highest BCUT2D eigenvalue weighted by Crippen LogP contribution is 2.11. The molecule has 1 aromatic heterocycles. The number of anilines is 1. The summed E-state index contributed by atoms with van der Waals surface area (Å²) in [5.41, 5.74) is 3.86. The molecule has 0 aliphatic carbocycles. The fourth-order valence-electron chi connectivity index (χ4n) is 2.06. The van der Waals surface area contributed by atoms with Crippen LogP contribution >= 0.6 is 0 Å². The Kier molecular flexibility index (Phi) is 4.40. The maximum atomic E-state index is 4.16. The zero-order valence-corrected chi connectivity index (χ0v) is 11.2. The smallest absolute Gasteiger partial charge is 0.0492 e. The molecule has 0 aliphatic rings. The third-order valence-electron chi connectivity index (χ3n) is 3.13. The summed E-state index contributed by atoms with van der Waals surface area (Å²) < 4.78 is 1.92. The fraction of sp³-hybridized carbons (Fsp3) is 0.400. The minimum atomic E-state index is 0.937. The first-order chi connectivity index (χ1) is 8.79. The van der Waals surface area contributed by atoms with Crippen molar-refractivity contribution in [2.24, 2.45) is 7.05 Å². The molecule has 18 heavy (non-hydrogen) atoms. The van der Waals surface area contributed by atoms with Gasteiger partial charge in [0.1, 0.15) is 0 Å². The molecular weight excluding hydrogens is 222 g/mol. The second-order valence-corrected chi connectivity index (χ2v) is 4.57. The van der Waals surface area contributed by atoms with E-state index in [2.05, 4.69) is 47.7 Å². The van der Waals surface area contributed by atoms with E-state index in [1.54, 1.807) is 0 Å². The quantitative estimate of drug-likeness (QED) is 0.845. The van der Waals surface area contributed by atoms with Crippen LogP contribution in [0.4, 0.5) is 5.69 Å². The first-order valence-corrected chi connectivity index (χ1v) is 6.59. The van der Waals surface area contributed by atoms with Crippen LogP contribution < -0.4 is 5.32 Å². The Labute approximate surface area is 109 Å². The van der Waals surface area contributed by atoms with Crippen molar-refractivity contribution in [3.63, 3.8) is 0 Å². The average Bonchev–Trinajstić information content (AvgIpc) is 2.78. The van der Waals surface area contributed by atoms with Gasteiger partial charge in [-0.2, -0.15) is 5.10 Å². The first kappa shape index (κ1) is 12.7. The molecule has 1 heterocycles. The lowest BCUT2D eigenvalue weighted by Gasteiger charge is -2.07. The van der Waals surface area contributed by atoms with Gasteiger partial charge in [0, 0.05) is 37.6 Å². The Hall–Kier alpha value is -1.77. The van der Waals surface area contributed by atoms with Crippen molar-refractivity contribution in [2.45, 2.75) is 26.2 Å². The van der Waals surface area contributed by atoms with Crippen LogP contribution in [0.1, 0.15) is 24.6 Å². The predicted molar refractivity (Wildman–Crippen MR) is 75.8 cm³/mol. The molecule has 0 saturated carbocycles. The van der Waals surface area contributed by atoms with Crippen LogP contribution in [-0.4, -0.2) is 16.3 Å². The van der Waals surface area contributed by atoms with Crippen molar-refractivity contribution in [3.05, 3.63) is 47.8 Å². The van der Waals surface area contributed by atoms with E-state index in [4.69, 9.17) is 0 Å². The molecule has 2 rings (SSSR count). The minimum Gasteiger partial charge on any atom is -0.385 e. The van der Waals surface area contributed by atoms with Crippen molar-refractivity contribution in [2.75, 3.05) is 11.9 Å². The van der Waals surface area contributed by atoms with Crippen LogP contribution in [0.15, 0.2) is 36.5 Å². The largest absolute Gasteiger partial charge is 0.385 e. The third kappa shape index (κ3) is 3.36. The molecule has 0 spiro atoms. The number of benzene rings is 1. The summed E-state index contributed by atoms with van der Waals surface area (Å²) in [5.74, 6) is 0. The lowest BCUT2D eigenvalue weighted by atomic mass is 10.1. The molecule has 3 nitrogen and oxygen atoms in total. The summed E-state index contributed by atoms with van der Waals surface area (Å²) in [5, 5.41) is 7.60. The van der Waals surface area contributed by atoms with Crippen LogP contribution in [-0.2, 0) is 19.9 Å². The van der Waals surface area contributed by atoms with Crippen LogP contribution in [0.25, 0.3) is 0 Å². The predicted octanol–water partition coefficient (Wildman–Crippen LogP) is 3.03. The summed E-state index contributed by atoms with van der Waals surface area (Å²) in [6.45, 7) is 3.15. The lowest BCUT2D eigenvalue weighted by molar-refractivity contribution is 0.711. The Bertz CT molecular complexity index is 471. The summed E-state index contributed by atoms with van der Waals surface area (Å²) in [6, 6.07) is 10.8. The monoisotopic (exact) mass is 243 g/mol. The van der Waals surface area contributed by atoms with Gasteiger partial charge in [-0.15, -0.1) is 0 Å². The molecule has 0 bridgehead atoms. The SMILES string of the molecule is CCCc1ccc(NCCc2ccnn2C)cc1. The van der Waals surface area contributed by atoms with E-state index in [9.17, 15) is 0 Å². The van der Waals surface area contributed by atoms with Gasteiger partial charge in [-0.05, 0) is 30.2 Å². The van der Waals surface area contributed by atoms with Crippen LogP contribution in [0.5, 0.6) is 0 Å². The Morgan fingerprint density at radius 1 is 1.11 bits per heavy atom. The molecule has 96 valence electrons. The van der Waals surface area contributed by atoms with E-state index in [0.717, 1.165) is 19.4 Å². The molecule has 0 saturated heterocycles. The zero-order chi connectivity index (χ0) is 12.8. The maximum Gasteiger partial charge on any atom is 0.0492 e. The van der Waals surface area contributed by atoms with E-state index in [1.165, 1.54) is 23.4 Å². The van der Waals surface area contributed by atoms with Gasteiger partial charge in [0.2, 0.25) is 0 Å². The van der Waals surface area contributed by atoms with Crippen molar-refractivity contribution in [3.8, 4) is 0 Å². The number of aryl methyl sites for hydroxylation is 2. The summed E-state index contributed by atoms with van der Waals surface area (Å²) >= 11 is 0. The number of hydrogen-bond donors (Lipinski definition) is 1. The number of nitrogens with one attached hydrogen (secondary N) is 1. The topological polar surface area (TPSA) is 29.9 Å². The second kappa shape index (κ2) is 6.24. The molecule has 1 aromatic carbocycles. The molecule has 0 fully saturated rings. The molecular formula is C15H21N3. The minimum absolute atomic E-state index is 0.937. The molecule has 0 amide bonds. The molecule has 0 atom stereocenters. The molecule has 2 aromatic rings. The highest BCUT2D eigenvalue weighted by atomic mass is 15.3. The van der Waals surface area contributed by atoms with Gasteiger partial charge in [0.05, 0.1) is 0 Å². The average molecular weight is 243 g/mol. The summed E-state index contributed by atoms with van der Waals surface area (Å²) in [6.07, 6.45) is 5.20. The number of hydrogen-bond acceptors (Lipinski definition) is 2. The molecule has 0 radical (unpaired) electrons. The molecule has 1 N–H and O–H groups in total. The van der Waals surface area contributed by atoms with Crippen molar-refractivity contribution in [1.82, 2.24) is 9.78 Å². The van der Waals surface area contributed by atoms with Crippen molar-refractivity contribution in [1.29, 1.82) is 0 Å². The van der Waals surface area contributed by atoms with Gasteiger partial charge in [0.15, 0.2) is 0 Å². The molecule has 0 aliphatic heterocycles. The number of aromatic nitrogens is 2. The van der Waals surface area contributed by atoms with Gasteiger partial charge >= 0.3 is 0 Å². The Balaban J connectivity index is 1.81. The number of nitrogens with zero attached hydrogens (tertiary/aromatic N) is 2. The normalized spacial score (nSPS) is 10.6. The maximum absolute atomic E-state index is 4.16. The van der Waals surface area contributed by atoms with E-state index in [-0.39, 0.29) is 0 Å². The van der Waals surface area contributed by atoms with Crippen molar-refractivity contribution >= 4 is 5.69 Å². The van der Waals surface area contributed by atoms with E-state index in [1.807, 2.05) is 17.9 Å².